The van der Waals surface area contributed by atoms with Gasteiger partial charge < -0.3 is 4.42 Å². The molecule has 10 heteroatoms. The molecule has 0 bridgehead atoms. The number of non-ortho nitro benzene ring substituents is 1. The Kier molecular flexibility index (Phi) is 5.60. The predicted molar refractivity (Wildman–Crippen MR) is 145 cm³/mol. The molecule has 38 heavy (non-hydrogen) atoms. The van der Waals surface area contributed by atoms with Gasteiger partial charge in [-0.1, -0.05) is 42.5 Å². The fourth-order valence-corrected chi connectivity index (χ4v) is 5.07. The van der Waals surface area contributed by atoms with Gasteiger partial charge in [0.25, 0.3) is 5.69 Å². The number of nitrogens with zero attached hydrogens (tertiary/aromatic N) is 4. The number of thiazole rings is 1. The van der Waals surface area contributed by atoms with Gasteiger partial charge >= 0.3 is 5.63 Å². The second-order valence-electron chi connectivity index (χ2n) is 8.36. The summed E-state index contributed by atoms with van der Waals surface area (Å²) in [5.74, 6) is 0. The van der Waals surface area contributed by atoms with E-state index in [1.165, 1.54) is 29.7 Å². The average molecular weight is 518 g/mol. The topological polar surface area (TPSA) is 139 Å². The highest BCUT2D eigenvalue weighted by Gasteiger charge is 2.17. The molecule has 0 amide bonds. The van der Waals surface area contributed by atoms with Gasteiger partial charge in [0.1, 0.15) is 16.7 Å². The minimum atomic E-state index is -0.519. The average Bonchev–Trinajstić information content (AvgIpc) is 3.61. The standard InChI is InChI=1S/C28H15N5O4S/c29-13-18(10-19-14-30-32-26(19)17-5-3-6-20(11-17)33(35)36)27-31-24(15-38-27)23-12-22-21-7-2-1-4-16(21)8-9-25(22)37-28(23)34/h1-12,14-15H,(H,30,32). The number of aromatic nitrogens is 3. The molecule has 0 unspecified atom stereocenters. The number of rotatable bonds is 5. The number of allylic oxidation sites excluding steroid dienone is 1. The van der Waals surface area contributed by atoms with Crippen LogP contribution < -0.4 is 5.63 Å². The van der Waals surface area contributed by atoms with Crippen molar-refractivity contribution in [1.29, 1.82) is 5.26 Å². The zero-order valence-corrected chi connectivity index (χ0v) is 20.2. The summed E-state index contributed by atoms with van der Waals surface area (Å²) in [5, 5.41) is 32.9. The molecule has 182 valence electrons. The van der Waals surface area contributed by atoms with Gasteiger partial charge in [-0.3, -0.25) is 15.2 Å². The summed E-state index contributed by atoms with van der Waals surface area (Å²) < 4.78 is 5.60. The maximum Gasteiger partial charge on any atom is 0.345 e. The summed E-state index contributed by atoms with van der Waals surface area (Å²) in [6.45, 7) is 0. The van der Waals surface area contributed by atoms with E-state index in [1.807, 2.05) is 30.3 Å². The van der Waals surface area contributed by atoms with Crippen molar-refractivity contribution in [3.8, 4) is 28.6 Å². The first kappa shape index (κ1) is 23.0. The molecule has 6 aromatic rings. The van der Waals surface area contributed by atoms with Crippen molar-refractivity contribution in [1.82, 2.24) is 15.2 Å². The predicted octanol–water partition coefficient (Wildman–Crippen LogP) is 6.43. The normalized spacial score (nSPS) is 11.6. The minimum absolute atomic E-state index is 0.0564. The van der Waals surface area contributed by atoms with Crippen LogP contribution in [-0.4, -0.2) is 20.1 Å². The molecule has 0 fully saturated rings. The Morgan fingerprint density at radius 2 is 1.97 bits per heavy atom. The first-order chi connectivity index (χ1) is 18.5. The second kappa shape index (κ2) is 9.24. The molecule has 3 aromatic heterocycles. The number of nitro groups is 1. The van der Waals surface area contributed by atoms with Gasteiger partial charge in [0.15, 0.2) is 0 Å². The van der Waals surface area contributed by atoms with Crippen LogP contribution in [0.15, 0.2) is 87.5 Å². The highest BCUT2D eigenvalue weighted by atomic mass is 32.1. The van der Waals surface area contributed by atoms with E-state index in [4.69, 9.17) is 4.42 Å². The number of nitrogens with one attached hydrogen (secondary N) is 1. The van der Waals surface area contributed by atoms with Crippen LogP contribution in [0.1, 0.15) is 10.6 Å². The van der Waals surface area contributed by atoms with Crippen molar-refractivity contribution >= 4 is 50.4 Å². The molecule has 0 saturated heterocycles. The van der Waals surface area contributed by atoms with Gasteiger partial charge in [0, 0.05) is 34.0 Å². The van der Waals surface area contributed by atoms with Crippen molar-refractivity contribution in [3.05, 3.63) is 109 Å². The highest BCUT2D eigenvalue weighted by Crippen LogP contribution is 2.32. The van der Waals surface area contributed by atoms with Crippen molar-refractivity contribution in [2.45, 2.75) is 0 Å². The molecular formula is C28H15N5O4S. The minimum Gasteiger partial charge on any atom is -0.422 e. The van der Waals surface area contributed by atoms with Crippen LogP contribution in [0.25, 0.3) is 55.9 Å². The molecule has 3 heterocycles. The van der Waals surface area contributed by atoms with Crippen molar-refractivity contribution in [3.63, 3.8) is 0 Å². The van der Waals surface area contributed by atoms with Crippen molar-refractivity contribution in [2.24, 2.45) is 0 Å². The van der Waals surface area contributed by atoms with Gasteiger partial charge in [0.05, 0.1) is 33.6 Å². The Labute approximate surface area is 218 Å². The number of aromatic amines is 1. The van der Waals surface area contributed by atoms with Gasteiger partial charge in [-0.2, -0.15) is 10.4 Å². The molecule has 3 aromatic carbocycles. The van der Waals surface area contributed by atoms with Crippen molar-refractivity contribution < 1.29 is 9.34 Å². The summed E-state index contributed by atoms with van der Waals surface area (Å²) in [7, 11) is 0. The second-order valence-corrected chi connectivity index (χ2v) is 9.22. The fourth-order valence-electron chi connectivity index (χ4n) is 4.28. The third kappa shape index (κ3) is 4.03. The lowest BCUT2D eigenvalue weighted by atomic mass is 10.0. The maximum absolute atomic E-state index is 12.8. The summed E-state index contributed by atoms with van der Waals surface area (Å²) in [6.07, 6.45) is 3.14. The van der Waals surface area contributed by atoms with Crippen LogP contribution in [0.5, 0.6) is 0 Å². The number of hydrogen-bond donors (Lipinski definition) is 1. The Bertz CT molecular complexity index is 2010. The molecule has 0 radical (unpaired) electrons. The lowest BCUT2D eigenvalue weighted by Gasteiger charge is -2.04. The van der Waals surface area contributed by atoms with Crippen LogP contribution in [0.2, 0.25) is 0 Å². The lowest BCUT2D eigenvalue weighted by molar-refractivity contribution is -0.384. The zero-order chi connectivity index (χ0) is 26.2. The zero-order valence-electron chi connectivity index (χ0n) is 19.4. The van der Waals surface area contributed by atoms with E-state index in [0.717, 1.165) is 16.2 Å². The summed E-state index contributed by atoms with van der Waals surface area (Å²) in [5.41, 5.74) is 2.52. The van der Waals surface area contributed by atoms with E-state index in [0.29, 0.717) is 38.7 Å². The molecule has 0 aliphatic rings. The molecule has 0 aliphatic carbocycles. The van der Waals surface area contributed by atoms with E-state index in [-0.39, 0.29) is 11.3 Å². The van der Waals surface area contributed by atoms with Gasteiger partial charge in [-0.15, -0.1) is 11.3 Å². The highest BCUT2D eigenvalue weighted by molar-refractivity contribution is 7.11. The van der Waals surface area contributed by atoms with Gasteiger partial charge in [-0.05, 0) is 29.0 Å². The first-order valence-corrected chi connectivity index (χ1v) is 12.2. The third-order valence-electron chi connectivity index (χ3n) is 6.09. The first-order valence-electron chi connectivity index (χ1n) is 11.3. The molecule has 0 spiro atoms. The number of nitriles is 1. The molecule has 9 nitrogen and oxygen atoms in total. The number of benzene rings is 3. The summed E-state index contributed by atoms with van der Waals surface area (Å²) in [4.78, 5) is 28.1. The Balaban J connectivity index is 1.40. The van der Waals surface area contributed by atoms with Crippen molar-refractivity contribution in [2.75, 3.05) is 0 Å². The molecule has 6 rings (SSSR count). The SMILES string of the molecule is N#CC(=Cc1cn[nH]c1-c1cccc([N+](=O)[O-])c1)c1nc(-c2cc3c(ccc4ccccc43)oc2=O)cs1. The monoisotopic (exact) mass is 517 g/mol. The number of fused-ring (bicyclic) bond motifs is 3. The van der Waals surface area contributed by atoms with E-state index in [9.17, 15) is 20.2 Å². The Hall–Kier alpha value is -5.40. The van der Waals surface area contributed by atoms with Crippen LogP contribution in [-0.2, 0) is 0 Å². The van der Waals surface area contributed by atoms with Crippen LogP contribution in [0, 0.1) is 21.4 Å². The van der Waals surface area contributed by atoms with Crippen LogP contribution in [0.4, 0.5) is 5.69 Å². The van der Waals surface area contributed by atoms with Crippen LogP contribution >= 0.6 is 11.3 Å². The summed E-state index contributed by atoms with van der Waals surface area (Å²) >= 11 is 1.22. The number of hydrogen-bond acceptors (Lipinski definition) is 8. The lowest BCUT2D eigenvalue weighted by Crippen LogP contribution is -2.03. The quantitative estimate of drug-likeness (QED) is 0.0913. The van der Waals surface area contributed by atoms with Gasteiger partial charge in [-0.25, -0.2) is 9.78 Å². The third-order valence-corrected chi connectivity index (χ3v) is 6.96. The molecular weight excluding hydrogens is 502 g/mol. The number of nitro benzene ring substituents is 1. The smallest absolute Gasteiger partial charge is 0.345 e. The Morgan fingerprint density at radius 1 is 1.11 bits per heavy atom. The number of H-pyrrole nitrogens is 1. The summed E-state index contributed by atoms with van der Waals surface area (Å²) in [6, 6.07) is 21.6. The largest absolute Gasteiger partial charge is 0.422 e. The molecule has 1 N–H and O–H groups in total. The maximum atomic E-state index is 12.8. The van der Waals surface area contributed by atoms with Gasteiger partial charge in [0.2, 0.25) is 0 Å². The molecule has 0 atom stereocenters. The fraction of sp³-hybridized carbons (Fsp3) is 0. The van der Waals surface area contributed by atoms with E-state index >= 15 is 0 Å². The van der Waals surface area contributed by atoms with E-state index in [2.05, 4.69) is 21.3 Å². The Morgan fingerprint density at radius 3 is 2.82 bits per heavy atom. The van der Waals surface area contributed by atoms with E-state index in [1.54, 1.807) is 35.7 Å². The van der Waals surface area contributed by atoms with Crippen LogP contribution in [0.3, 0.4) is 0 Å². The molecule has 0 saturated carbocycles. The van der Waals surface area contributed by atoms with E-state index < -0.39 is 10.5 Å². The molecule has 0 aliphatic heterocycles.